The first-order valence-corrected chi connectivity index (χ1v) is 7.62. The third-order valence-electron chi connectivity index (χ3n) is 4.05. The Hall–Kier alpha value is -1.84. The Balaban J connectivity index is 2.08. The fraction of sp³-hybridized carbons (Fsp3) is 0.529. The van der Waals surface area contributed by atoms with Gasteiger partial charge in [0, 0.05) is 18.7 Å². The van der Waals surface area contributed by atoms with Crippen molar-refractivity contribution in [3.63, 3.8) is 0 Å². The molecule has 2 amide bonds. The predicted molar refractivity (Wildman–Crippen MR) is 84.3 cm³/mol. The van der Waals surface area contributed by atoms with Crippen molar-refractivity contribution in [3.05, 3.63) is 29.3 Å². The van der Waals surface area contributed by atoms with E-state index in [0.717, 1.165) is 29.7 Å². The molecule has 0 saturated heterocycles. The molecule has 1 aliphatic carbocycles. The van der Waals surface area contributed by atoms with Gasteiger partial charge in [0.15, 0.2) is 0 Å². The molecular formula is C17H24N2O2. The van der Waals surface area contributed by atoms with Crippen molar-refractivity contribution in [1.82, 2.24) is 5.32 Å². The van der Waals surface area contributed by atoms with Gasteiger partial charge in [0.05, 0.1) is 0 Å². The van der Waals surface area contributed by atoms with Crippen LogP contribution in [-0.2, 0) is 9.59 Å². The third-order valence-corrected chi connectivity index (χ3v) is 4.05. The van der Waals surface area contributed by atoms with Crippen molar-refractivity contribution < 1.29 is 9.59 Å². The van der Waals surface area contributed by atoms with Gasteiger partial charge in [0.2, 0.25) is 11.8 Å². The van der Waals surface area contributed by atoms with Crippen molar-refractivity contribution in [2.75, 3.05) is 11.4 Å². The van der Waals surface area contributed by atoms with Gasteiger partial charge in [-0.1, -0.05) is 30.5 Å². The van der Waals surface area contributed by atoms with Crippen LogP contribution in [0.2, 0.25) is 0 Å². The van der Waals surface area contributed by atoms with Crippen LogP contribution in [0.5, 0.6) is 0 Å². The standard InChI is InChI=1S/C17H24N2O2/c1-12-8-9-16(13(2)10-12)19(14(3)20)11-17(21)18-15-6-4-5-7-15/h8-10,15H,4-7,11H2,1-3H3,(H,18,21). The Morgan fingerprint density at radius 1 is 1.24 bits per heavy atom. The second-order valence-electron chi connectivity index (χ2n) is 5.94. The maximum absolute atomic E-state index is 12.2. The monoisotopic (exact) mass is 288 g/mol. The number of hydrogen-bond acceptors (Lipinski definition) is 2. The number of nitrogens with one attached hydrogen (secondary N) is 1. The van der Waals surface area contributed by atoms with Crippen LogP contribution in [-0.4, -0.2) is 24.4 Å². The number of carbonyl (C=O) groups excluding carboxylic acids is 2. The average molecular weight is 288 g/mol. The lowest BCUT2D eigenvalue weighted by Gasteiger charge is -2.24. The molecular weight excluding hydrogens is 264 g/mol. The van der Waals surface area contributed by atoms with Gasteiger partial charge in [-0.3, -0.25) is 9.59 Å². The molecule has 1 N–H and O–H groups in total. The highest BCUT2D eigenvalue weighted by molar-refractivity contribution is 5.98. The van der Waals surface area contributed by atoms with Gasteiger partial charge >= 0.3 is 0 Å². The first-order chi connectivity index (χ1) is 9.97. The highest BCUT2D eigenvalue weighted by atomic mass is 16.2. The summed E-state index contributed by atoms with van der Waals surface area (Å²) in [5.41, 5.74) is 2.98. The van der Waals surface area contributed by atoms with Gasteiger partial charge in [-0.25, -0.2) is 0 Å². The summed E-state index contributed by atoms with van der Waals surface area (Å²) in [7, 11) is 0. The van der Waals surface area contributed by atoms with Crippen LogP contribution in [0, 0.1) is 13.8 Å². The topological polar surface area (TPSA) is 49.4 Å². The second kappa shape index (κ2) is 6.74. The SMILES string of the molecule is CC(=O)N(CC(=O)NC1CCCC1)c1ccc(C)cc1C. The Bertz CT molecular complexity index is 534. The summed E-state index contributed by atoms with van der Waals surface area (Å²) in [5.74, 6) is -0.180. The molecule has 1 saturated carbocycles. The number of benzene rings is 1. The average Bonchev–Trinajstić information content (AvgIpc) is 2.89. The third kappa shape index (κ3) is 4.06. The lowest BCUT2D eigenvalue weighted by atomic mass is 10.1. The molecule has 2 rings (SSSR count). The van der Waals surface area contributed by atoms with Crippen LogP contribution in [0.4, 0.5) is 5.69 Å². The van der Waals surface area contributed by atoms with E-state index in [4.69, 9.17) is 0 Å². The Morgan fingerprint density at radius 3 is 2.48 bits per heavy atom. The summed E-state index contributed by atoms with van der Waals surface area (Å²) >= 11 is 0. The molecule has 1 aromatic carbocycles. The smallest absolute Gasteiger partial charge is 0.240 e. The van der Waals surface area contributed by atoms with Gasteiger partial charge in [-0.05, 0) is 38.3 Å². The van der Waals surface area contributed by atoms with Crippen molar-refractivity contribution in [2.45, 2.75) is 52.5 Å². The molecule has 114 valence electrons. The van der Waals surface area contributed by atoms with Gasteiger partial charge in [-0.15, -0.1) is 0 Å². The quantitative estimate of drug-likeness (QED) is 0.926. The molecule has 1 aromatic rings. The zero-order valence-corrected chi connectivity index (χ0v) is 13.1. The molecule has 0 spiro atoms. The van der Waals surface area contributed by atoms with Crippen LogP contribution in [0.25, 0.3) is 0 Å². The first-order valence-electron chi connectivity index (χ1n) is 7.62. The van der Waals surface area contributed by atoms with Crippen molar-refractivity contribution in [3.8, 4) is 0 Å². The summed E-state index contributed by atoms with van der Waals surface area (Å²) in [6.07, 6.45) is 4.46. The lowest BCUT2D eigenvalue weighted by Crippen LogP contribution is -2.43. The van der Waals surface area contributed by atoms with Crippen molar-refractivity contribution in [2.24, 2.45) is 0 Å². The van der Waals surface area contributed by atoms with Crippen LogP contribution >= 0.6 is 0 Å². The van der Waals surface area contributed by atoms with E-state index in [9.17, 15) is 9.59 Å². The highest BCUT2D eigenvalue weighted by Crippen LogP contribution is 2.22. The van der Waals surface area contributed by atoms with E-state index < -0.39 is 0 Å². The van der Waals surface area contributed by atoms with Crippen LogP contribution in [0.15, 0.2) is 18.2 Å². The zero-order chi connectivity index (χ0) is 15.4. The Labute approximate surface area is 126 Å². The number of anilines is 1. The van der Waals surface area contributed by atoms with E-state index in [2.05, 4.69) is 5.32 Å². The number of aryl methyl sites for hydroxylation is 2. The molecule has 4 nitrogen and oxygen atoms in total. The lowest BCUT2D eigenvalue weighted by molar-refractivity contribution is -0.123. The van der Waals surface area contributed by atoms with Gasteiger partial charge in [0.25, 0.3) is 0 Å². The number of carbonyl (C=O) groups is 2. The second-order valence-corrected chi connectivity index (χ2v) is 5.94. The van der Waals surface area contributed by atoms with E-state index in [-0.39, 0.29) is 24.4 Å². The Morgan fingerprint density at radius 2 is 1.90 bits per heavy atom. The summed E-state index contributed by atoms with van der Waals surface area (Å²) in [5, 5.41) is 3.03. The van der Waals surface area contributed by atoms with Crippen molar-refractivity contribution in [1.29, 1.82) is 0 Å². The minimum Gasteiger partial charge on any atom is -0.352 e. The molecule has 0 radical (unpaired) electrons. The maximum atomic E-state index is 12.2. The maximum Gasteiger partial charge on any atom is 0.240 e. The fourth-order valence-electron chi connectivity index (χ4n) is 2.96. The molecule has 0 aliphatic heterocycles. The minimum absolute atomic E-state index is 0.0722. The van der Waals surface area contributed by atoms with Crippen LogP contribution in [0.1, 0.15) is 43.7 Å². The van der Waals surface area contributed by atoms with E-state index in [1.165, 1.54) is 19.8 Å². The van der Waals surface area contributed by atoms with Crippen LogP contribution < -0.4 is 10.2 Å². The van der Waals surface area contributed by atoms with Crippen molar-refractivity contribution >= 4 is 17.5 Å². The molecule has 0 atom stereocenters. The van der Waals surface area contributed by atoms with Gasteiger partial charge < -0.3 is 10.2 Å². The molecule has 0 aromatic heterocycles. The zero-order valence-electron chi connectivity index (χ0n) is 13.1. The molecule has 21 heavy (non-hydrogen) atoms. The highest BCUT2D eigenvalue weighted by Gasteiger charge is 2.21. The molecule has 1 aliphatic rings. The summed E-state index contributed by atoms with van der Waals surface area (Å²) in [4.78, 5) is 25.6. The van der Waals surface area contributed by atoms with E-state index in [1.807, 2.05) is 32.0 Å². The molecule has 1 fully saturated rings. The summed E-state index contributed by atoms with van der Waals surface area (Å²) < 4.78 is 0. The van der Waals surface area contributed by atoms with E-state index in [0.29, 0.717) is 0 Å². The summed E-state index contributed by atoms with van der Waals surface area (Å²) in [6.45, 7) is 5.58. The number of nitrogens with zero attached hydrogens (tertiary/aromatic N) is 1. The normalized spacial score (nSPS) is 15.0. The van der Waals surface area contributed by atoms with E-state index >= 15 is 0 Å². The number of amides is 2. The predicted octanol–water partition coefficient (Wildman–Crippen LogP) is 2.72. The Kier molecular flexibility index (Phi) is 4.99. The molecule has 0 bridgehead atoms. The van der Waals surface area contributed by atoms with Gasteiger partial charge in [-0.2, -0.15) is 0 Å². The number of hydrogen-bond donors (Lipinski definition) is 1. The first kappa shape index (κ1) is 15.5. The number of rotatable bonds is 4. The molecule has 0 heterocycles. The van der Waals surface area contributed by atoms with E-state index in [1.54, 1.807) is 4.90 Å². The molecule has 0 unspecified atom stereocenters. The fourth-order valence-corrected chi connectivity index (χ4v) is 2.96. The minimum atomic E-state index is -0.108. The molecule has 4 heteroatoms. The summed E-state index contributed by atoms with van der Waals surface area (Å²) in [6, 6.07) is 6.19. The van der Waals surface area contributed by atoms with Gasteiger partial charge in [0.1, 0.15) is 6.54 Å². The largest absolute Gasteiger partial charge is 0.352 e. The van der Waals surface area contributed by atoms with Crippen LogP contribution in [0.3, 0.4) is 0 Å².